The first-order valence-electron chi connectivity index (χ1n) is 8.34. The number of pyridine rings is 3. The fourth-order valence-corrected chi connectivity index (χ4v) is 2.33. The Balaban J connectivity index is 0.000000868. The Hall–Kier alpha value is -2.63. The van der Waals surface area contributed by atoms with Gasteiger partial charge in [-0.15, -0.1) is 10.2 Å². The average Bonchev–Trinajstić information content (AvgIpc) is 2.70. The van der Waals surface area contributed by atoms with Crippen molar-refractivity contribution in [2.75, 3.05) is 0 Å². The number of hydrogen-bond donors (Lipinski definition) is 0. The maximum Gasteiger partial charge on any atom is 2.00 e. The molecule has 11 nitrogen and oxygen atoms in total. The number of hydrogen-bond acceptors (Lipinski definition) is 8. The fraction of sp³-hybridized carbons (Fsp3) is 0.167. The van der Waals surface area contributed by atoms with Crippen molar-refractivity contribution >= 4 is 0 Å². The van der Waals surface area contributed by atoms with Crippen LogP contribution in [0.25, 0.3) is 16.0 Å². The molecule has 0 fully saturated rings. The van der Waals surface area contributed by atoms with E-state index in [4.69, 9.17) is 29.7 Å². The summed E-state index contributed by atoms with van der Waals surface area (Å²) in [6, 6.07) is 18.0. The molecule has 13 heteroatoms. The normalized spacial score (nSPS) is 9.84. The number of nitrogens with zero attached hydrogens (tertiary/aromatic N) is 7. The molecule has 0 aliphatic carbocycles. The first kappa shape index (κ1) is 28.4. The third-order valence-corrected chi connectivity index (χ3v) is 3.34. The summed E-state index contributed by atoms with van der Waals surface area (Å²) in [6.45, 7) is 2.32. The van der Waals surface area contributed by atoms with Crippen molar-refractivity contribution < 1.29 is 45.9 Å². The SMILES string of the molecule is [Cu+2].[N-]=[N+]=[N-].[O-][Cl+3]([O-])([O-])[O-].c1ccc(CN(Cc2ccccn2)Cc2ccccn2)nc1. The fourth-order valence-electron chi connectivity index (χ4n) is 2.33. The topological polar surface area (TPSA) is 193 Å². The van der Waals surface area contributed by atoms with Gasteiger partial charge in [0.05, 0.1) is 17.1 Å². The van der Waals surface area contributed by atoms with E-state index in [0.717, 1.165) is 36.7 Å². The maximum atomic E-state index is 8.49. The minimum atomic E-state index is -4.94. The second-order valence-electron chi connectivity index (χ2n) is 5.58. The van der Waals surface area contributed by atoms with E-state index in [0.29, 0.717) is 0 Å². The van der Waals surface area contributed by atoms with Crippen LogP contribution in [0.4, 0.5) is 0 Å². The molecule has 3 aromatic heterocycles. The predicted molar refractivity (Wildman–Crippen MR) is 95.7 cm³/mol. The van der Waals surface area contributed by atoms with E-state index in [2.05, 4.69) is 19.9 Å². The number of aromatic nitrogens is 3. The molecule has 1 radical (unpaired) electrons. The molecule has 0 aliphatic heterocycles. The van der Waals surface area contributed by atoms with Crippen LogP contribution in [0.15, 0.2) is 73.2 Å². The van der Waals surface area contributed by atoms with Crippen molar-refractivity contribution in [3.63, 3.8) is 0 Å². The minimum absolute atomic E-state index is 0. The first-order chi connectivity index (χ1) is 14.3. The monoisotopic (exact) mass is 494 g/mol. The molecule has 31 heavy (non-hydrogen) atoms. The molecule has 3 aromatic rings. The Morgan fingerprint density at radius 3 is 1.13 bits per heavy atom. The molecule has 0 spiro atoms. The van der Waals surface area contributed by atoms with Crippen LogP contribution in [0.3, 0.4) is 0 Å². The standard InChI is InChI=1S/C18H18N4.ClHO4.Cu.N3/c1-4-10-19-16(7-1)13-22(14-17-8-2-5-11-20-17)15-18-9-3-6-12-21-18;2-1(3,4)5;;1-3-2/h1-12H,13-15H2;(H,2,3,4,5);;/q;;+2;-1/p-1. The summed E-state index contributed by atoms with van der Waals surface area (Å²) in [7, 11) is -4.94. The average molecular weight is 495 g/mol. The van der Waals surface area contributed by atoms with Crippen molar-refractivity contribution in [2.45, 2.75) is 19.6 Å². The Morgan fingerprint density at radius 1 is 0.677 bits per heavy atom. The third kappa shape index (κ3) is 15.8. The van der Waals surface area contributed by atoms with Crippen molar-refractivity contribution in [1.82, 2.24) is 19.9 Å². The molecular formula is C18H18ClCuN7O4. The Kier molecular flexibility index (Phi) is 14.7. The Bertz CT molecular complexity index is 764. The van der Waals surface area contributed by atoms with E-state index >= 15 is 0 Å². The van der Waals surface area contributed by atoms with Crippen LogP contribution < -0.4 is 18.6 Å². The second-order valence-corrected chi connectivity index (χ2v) is 6.33. The van der Waals surface area contributed by atoms with E-state index < -0.39 is 10.2 Å². The maximum absolute atomic E-state index is 8.49. The Morgan fingerprint density at radius 2 is 0.935 bits per heavy atom. The van der Waals surface area contributed by atoms with Gasteiger partial charge in [-0.1, -0.05) is 18.2 Å². The zero-order chi connectivity index (χ0) is 22.2. The van der Waals surface area contributed by atoms with Gasteiger partial charge in [-0.3, -0.25) is 24.8 Å². The van der Waals surface area contributed by atoms with E-state index in [-0.39, 0.29) is 17.1 Å². The van der Waals surface area contributed by atoms with Gasteiger partial charge in [-0.2, -0.15) is 0 Å². The van der Waals surface area contributed by atoms with Crippen molar-refractivity contribution in [2.24, 2.45) is 0 Å². The minimum Gasteiger partial charge on any atom is -0.373 e. The van der Waals surface area contributed by atoms with E-state index in [1.165, 1.54) is 4.91 Å². The summed E-state index contributed by atoms with van der Waals surface area (Å²) in [5.74, 6) is 0. The Labute approximate surface area is 191 Å². The number of halogens is 1. The predicted octanol–water partition coefficient (Wildman–Crippen LogP) is -0.818. The van der Waals surface area contributed by atoms with Gasteiger partial charge in [0.1, 0.15) is 0 Å². The zero-order valence-electron chi connectivity index (χ0n) is 16.0. The van der Waals surface area contributed by atoms with Gasteiger partial charge in [0.25, 0.3) is 0 Å². The van der Waals surface area contributed by atoms with Gasteiger partial charge in [0.2, 0.25) is 0 Å². The molecule has 0 saturated carbocycles. The van der Waals surface area contributed by atoms with Gasteiger partial charge in [-0.25, -0.2) is 18.6 Å². The van der Waals surface area contributed by atoms with Crippen molar-refractivity contribution in [3.8, 4) is 0 Å². The molecule has 3 rings (SSSR count). The molecule has 0 N–H and O–H groups in total. The molecule has 167 valence electrons. The van der Waals surface area contributed by atoms with Crippen LogP contribution in [0.5, 0.6) is 0 Å². The van der Waals surface area contributed by atoms with Crippen LogP contribution in [-0.2, 0) is 36.7 Å². The smallest absolute Gasteiger partial charge is 0.373 e. The van der Waals surface area contributed by atoms with Gasteiger partial charge >= 0.3 is 17.1 Å². The second kappa shape index (κ2) is 16.1. The van der Waals surface area contributed by atoms with Crippen molar-refractivity contribution in [3.05, 3.63) is 106 Å². The zero-order valence-corrected chi connectivity index (χ0v) is 17.7. The van der Waals surface area contributed by atoms with Crippen LogP contribution in [0, 0.1) is 10.2 Å². The molecule has 0 atom stereocenters. The van der Waals surface area contributed by atoms with Gasteiger partial charge in [0.15, 0.2) is 0 Å². The molecule has 0 amide bonds. The van der Waals surface area contributed by atoms with Gasteiger partial charge in [0, 0.05) is 38.2 Å². The molecule has 0 aromatic carbocycles. The molecule has 0 aliphatic rings. The summed E-state index contributed by atoms with van der Waals surface area (Å²) >= 11 is 0. The number of rotatable bonds is 6. The van der Waals surface area contributed by atoms with E-state index in [1.54, 1.807) is 0 Å². The summed E-state index contributed by atoms with van der Waals surface area (Å²) < 4.78 is 34.0. The molecule has 0 bridgehead atoms. The van der Waals surface area contributed by atoms with Gasteiger partial charge < -0.3 is 11.1 Å². The van der Waals surface area contributed by atoms with Crippen LogP contribution >= 0.6 is 0 Å². The largest absolute Gasteiger partial charge is 2.00 e. The molecule has 0 unspecified atom stereocenters. The molecule has 0 saturated heterocycles. The summed E-state index contributed by atoms with van der Waals surface area (Å²) in [5, 5.41) is 0. The summed E-state index contributed by atoms with van der Waals surface area (Å²) in [6.07, 6.45) is 5.49. The van der Waals surface area contributed by atoms with Crippen LogP contribution in [0.2, 0.25) is 0 Å². The van der Waals surface area contributed by atoms with Crippen LogP contribution in [-0.4, -0.2) is 19.9 Å². The molecular weight excluding hydrogens is 477 g/mol. The van der Waals surface area contributed by atoms with E-state index in [9.17, 15) is 0 Å². The van der Waals surface area contributed by atoms with E-state index in [1.807, 2.05) is 73.2 Å². The van der Waals surface area contributed by atoms with Crippen LogP contribution in [0.1, 0.15) is 17.1 Å². The quantitative estimate of drug-likeness (QED) is 0.183. The summed E-state index contributed by atoms with van der Waals surface area (Å²) in [4.78, 5) is 17.1. The summed E-state index contributed by atoms with van der Waals surface area (Å²) in [5.41, 5.74) is 16.7. The third-order valence-electron chi connectivity index (χ3n) is 3.34. The van der Waals surface area contributed by atoms with Gasteiger partial charge in [-0.05, 0) is 36.4 Å². The molecule has 3 heterocycles. The first-order valence-corrected chi connectivity index (χ1v) is 9.57. The van der Waals surface area contributed by atoms with Crippen molar-refractivity contribution in [1.29, 1.82) is 0 Å².